The van der Waals surface area contributed by atoms with Gasteiger partial charge in [0.15, 0.2) is 0 Å². The molecule has 0 saturated carbocycles. The normalized spacial score (nSPS) is 10.9. The van der Waals surface area contributed by atoms with Gasteiger partial charge in [-0.2, -0.15) is 0 Å². The number of ether oxygens (including phenoxy) is 2. The molecule has 4 aromatic rings. The zero-order valence-corrected chi connectivity index (χ0v) is 17.4. The number of fused-ring (bicyclic) bond motifs is 1. The Morgan fingerprint density at radius 3 is 2.68 bits per heavy atom. The van der Waals surface area contributed by atoms with Crippen molar-refractivity contribution in [3.05, 3.63) is 92.9 Å². The number of para-hydroxylation sites is 1. The van der Waals surface area contributed by atoms with Gasteiger partial charge in [0.25, 0.3) is 5.56 Å². The number of esters is 1. The van der Waals surface area contributed by atoms with Gasteiger partial charge in [-0.1, -0.05) is 23.4 Å². The van der Waals surface area contributed by atoms with Crippen LogP contribution in [0.5, 0.6) is 5.75 Å². The van der Waals surface area contributed by atoms with Crippen LogP contribution in [0.25, 0.3) is 5.65 Å². The molecule has 3 heterocycles. The van der Waals surface area contributed by atoms with Crippen LogP contribution in [0.15, 0.2) is 58.0 Å². The molecule has 0 N–H and O–H groups in total. The Morgan fingerprint density at radius 1 is 1.10 bits per heavy atom. The van der Waals surface area contributed by atoms with Gasteiger partial charge in [-0.15, -0.1) is 0 Å². The molecule has 0 unspecified atom stereocenters. The molecule has 0 aliphatic rings. The number of rotatable bonds is 6. The van der Waals surface area contributed by atoms with Crippen molar-refractivity contribution >= 4 is 11.6 Å². The average Bonchev–Trinajstić information content (AvgIpc) is 3.08. The Balaban J connectivity index is 1.49. The van der Waals surface area contributed by atoms with Crippen LogP contribution in [-0.4, -0.2) is 20.5 Å². The molecular formula is C23H21N3O5. The summed E-state index contributed by atoms with van der Waals surface area (Å²) in [6.45, 7) is 5.62. The molecule has 0 spiro atoms. The van der Waals surface area contributed by atoms with Gasteiger partial charge in [-0.05, 0) is 44.5 Å². The molecule has 4 rings (SSSR count). The molecule has 158 valence electrons. The maximum absolute atomic E-state index is 12.7. The third-order valence-corrected chi connectivity index (χ3v) is 4.87. The van der Waals surface area contributed by atoms with Crippen LogP contribution < -0.4 is 10.3 Å². The van der Waals surface area contributed by atoms with E-state index in [-0.39, 0.29) is 24.3 Å². The summed E-state index contributed by atoms with van der Waals surface area (Å²) in [6, 6.07) is 11.8. The van der Waals surface area contributed by atoms with Gasteiger partial charge in [0, 0.05) is 12.3 Å². The lowest BCUT2D eigenvalue weighted by atomic mass is 10.2. The monoisotopic (exact) mass is 419 g/mol. The van der Waals surface area contributed by atoms with Crippen molar-refractivity contribution < 1.29 is 18.8 Å². The lowest BCUT2D eigenvalue weighted by Crippen LogP contribution is -2.17. The number of nitrogens with zero attached hydrogens (tertiary/aromatic N) is 3. The van der Waals surface area contributed by atoms with E-state index in [9.17, 15) is 9.59 Å². The fraction of sp³-hybridized carbons (Fsp3) is 0.217. The number of aromatic nitrogens is 3. The number of carbonyl (C=O) groups is 1. The Bertz CT molecular complexity index is 1300. The van der Waals surface area contributed by atoms with E-state index in [2.05, 4.69) is 10.1 Å². The highest BCUT2D eigenvalue weighted by molar-refractivity contribution is 5.92. The molecule has 1 aromatic carbocycles. The summed E-state index contributed by atoms with van der Waals surface area (Å²) >= 11 is 0. The molecule has 0 fully saturated rings. The van der Waals surface area contributed by atoms with Crippen LogP contribution >= 0.6 is 0 Å². The SMILES string of the molecule is Cc1ccc2nc(COC(=O)c3ccccc3OCc3c(C)noc3C)cc(=O)n2c1. The Labute approximate surface area is 178 Å². The minimum Gasteiger partial charge on any atom is -0.488 e. The number of carbonyl (C=O) groups excluding carboxylic acids is 1. The second-order valence-electron chi connectivity index (χ2n) is 7.18. The minimum absolute atomic E-state index is 0.128. The van der Waals surface area contributed by atoms with Gasteiger partial charge in [0.05, 0.1) is 17.0 Å². The molecule has 0 atom stereocenters. The molecule has 0 saturated heterocycles. The highest BCUT2D eigenvalue weighted by atomic mass is 16.5. The Morgan fingerprint density at radius 2 is 1.90 bits per heavy atom. The van der Waals surface area contributed by atoms with E-state index in [1.54, 1.807) is 43.5 Å². The van der Waals surface area contributed by atoms with E-state index in [0.29, 0.717) is 22.9 Å². The summed E-state index contributed by atoms with van der Waals surface area (Å²) in [5, 5.41) is 3.90. The third kappa shape index (κ3) is 4.32. The predicted molar refractivity (Wildman–Crippen MR) is 112 cm³/mol. The van der Waals surface area contributed by atoms with Crippen molar-refractivity contribution in [3.8, 4) is 5.75 Å². The summed E-state index contributed by atoms with van der Waals surface area (Å²) in [5.41, 5.74) is 3.43. The average molecular weight is 419 g/mol. The van der Waals surface area contributed by atoms with Crippen molar-refractivity contribution in [3.63, 3.8) is 0 Å². The van der Waals surface area contributed by atoms with E-state index >= 15 is 0 Å². The largest absolute Gasteiger partial charge is 0.488 e. The van der Waals surface area contributed by atoms with E-state index in [0.717, 1.165) is 16.8 Å². The first kappa shape index (κ1) is 20.3. The van der Waals surface area contributed by atoms with Crippen molar-refractivity contribution in [1.29, 1.82) is 0 Å². The van der Waals surface area contributed by atoms with Gasteiger partial charge in [0.1, 0.15) is 35.9 Å². The van der Waals surface area contributed by atoms with Crippen LogP contribution in [0.3, 0.4) is 0 Å². The maximum atomic E-state index is 12.7. The van der Waals surface area contributed by atoms with Crippen LogP contribution in [0.4, 0.5) is 0 Å². The fourth-order valence-corrected chi connectivity index (χ4v) is 3.17. The lowest BCUT2D eigenvalue weighted by Gasteiger charge is -2.11. The summed E-state index contributed by atoms with van der Waals surface area (Å²) in [5.74, 6) is 0.483. The molecule has 0 amide bonds. The minimum atomic E-state index is -0.569. The summed E-state index contributed by atoms with van der Waals surface area (Å²) in [6.07, 6.45) is 1.72. The first-order valence-corrected chi connectivity index (χ1v) is 9.72. The molecule has 0 bridgehead atoms. The molecule has 0 aliphatic heterocycles. The second kappa shape index (κ2) is 8.43. The van der Waals surface area contributed by atoms with Gasteiger partial charge >= 0.3 is 5.97 Å². The quantitative estimate of drug-likeness (QED) is 0.441. The first-order chi connectivity index (χ1) is 14.9. The van der Waals surface area contributed by atoms with E-state index in [1.807, 2.05) is 19.9 Å². The molecule has 8 heteroatoms. The molecule has 0 radical (unpaired) electrons. The zero-order chi connectivity index (χ0) is 22.0. The number of aryl methyl sites for hydroxylation is 3. The van der Waals surface area contributed by atoms with Gasteiger partial charge in [0.2, 0.25) is 0 Å². The van der Waals surface area contributed by atoms with Crippen LogP contribution in [-0.2, 0) is 18.0 Å². The topological polar surface area (TPSA) is 95.9 Å². The summed E-state index contributed by atoms with van der Waals surface area (Å²) in [7, 11) is 0. The molecule has 31 heavy (non-hydrogen) atoms. The standard InChI is InChI=1S/C23H21N3O5/c1-14-8-9-21-24-17(10-22(27)26(21)11-14)12-30-23(28)18-6-4-5-7-20(18)29-13-19-15(2)25-31-16(19)3/h4-11H,12-13H2,1-3H3. The Hall–Kier alpha value is -3.94. The number of pyridine rings is 1. The number of hydrogen-bond donors (Lipinski definition) is 0. The van der Waals surface area contributed by atoms with Crippen molar-refractivity contribution in [1.82, 2.24) is 14.5 Å². The molecule has 0 aliphatic carbocycles. The zero-order valence-electron chi connectivity index (χ0n) is 17.4. The Kier molecular flexibility index (Phi) is 5.53. The fourth-order valence-electron chi connectivity index (χ4n) is 3.17. The molecular weight excluding hydrogens is 398 g/mol. The van der Waals surface area contributed by atoms with Gasteiger partial charge < -0.3 is 14.0 Å². The molecule has 3 aromatic heterocycles. The van der Waals surface area contributed by atoms with Crippen LogP contribution in [0.1, 0.15) is 38.6 Å². The van der Waals surface area contributed by atoms with Crippen LogP contribution in [0.2, 0.25) is 0 Å². The third-order valence-electron chi connectivity index (χ3n) is 4.87. The highest BCUT2D eigenvalue weighted by Gasteiger charge is 2.16. The van der Waals surface area contributed by atoms with E-state index in [4.69, 9.17) is 14.0 Å². The lowest BCUT2D eigenvalue weighted by molar-refractivity contribution is 0.0462. The van der Waals surface area contributed by atoms with Crippen molar-refractivity contribution in [2.75, 3.05) is 0 Å². The predicted octanol–water partition coefficient (Wildman–Crippen LogP) is 3.54. The van der Waals surface area contributed by atoms with Crippen LogP contribution in [0, 0.1) is 20.8 Å². The maximum Gasteiger partial charge on any atom is 0.342 e. The van der Waals surface area contributed by atoms with E-state index < -0.39 is 5.97 Å². The molecule has 8 nitrogen and oxygen atoms in total. The van der Waals surface area contributed by atoms with Crippen molar-refractivity contribution in [2.45, 2.75) is 34.0 Å². The van der Waals surface area contributed by atoms with Gasteiger partial charge in [-0.25, -0.2) is 9.78 Å². The smallest absolute Gasteiger partial charge is 0.342 e. The summed E-state index contributed by atoms with van der Waals surface area (Å²) < 4.78 is 17.8. The first-order valence-electron chi connectivity index (χ1n) is 9.72. The second-order valence-corrected chi connectivity index (χ2v) is 7.18. The summed E-state index contributed by atoms with van der Waals surface area (Å²) in [4.78, 5) is 29.4. The number of hydrogen-bond acceptors (Lipinski definition) is 7. The number of benzene rings is 1. The highest BCUT2D eigenvalue weighted by Crippen LogP contribution is 2.22. The van der Waals surface area contributed by atoms with E-state index in [1.165, 1.54) is 10.5 Å². The van der Waals surface area contributed by atoms with Crippen molar-refractivity contribution in [2.24, 2.45) is 0 Å². The van der Waals surface area contributed by atoms with Gasteiger partial charge in [-0.3, -0.25) is 9.20 Å².